The van der Waals surface area contributed by atoms with Gasteiger partial charge in [-0.15, -0.1) is 0 Å². The Balaban J connectivity index is 3.96. The van der Waals surface area contributed by atoms with Crippen LogP contribution in [0, 0.1) is 5.92 Å². The molecule has 0 aromatic heterocycles. The second kappa shape index (κ2) is 5.86. The summed E-state index contributed by atoms with van der Waals surface area (Å²) in [6.45, 7) is 11.1. The van der Waals surface area contributed by atoms with Crippen molar-refractivity contribution in [2.24, 2.45) is 16.6 Å². The van der Waals surface area contributed by atoms with Gasteiger partial charge in [-0.05, 0) is 19.8 Å². The van der Waals surface area contributed by atoms with E-state index in [0.717, 1.165) is 19.6 Å². The maximum atomic E-state index is 5.76. The highest BCUT2D eigenvalue weighted by Crippen LogP contribution is 1.93. The van der Waals surface area contributed by atoms with Gasteiger partial charge in [0.1, 0.15) is 0 Å². The molecule has 0 amide bonds. The maximum Gasteiger partial charge on any atom is 0.191 e. The van der Waals surface area contributed by atoms with E-state index in [0.29, 0.717) is 11.9 Å². The maximum absolute atomic E-state index is 5.76. The lowest BCUT2D eigenvalue weighted by molar-refractivity contribution is 0.456. The van der Waals surface area contributed by atoms with Crippen molar-refractivity contribution in [3.63, 3.8) is 0 Å². The first-order valence-corrected chi connectivity index (χ1v) is 4.66. The normalized spacial score (nSPS) is 12.2. The van der Waals surface area contributed by atoms with Crippen LogP contribution in [-0.2, 0) is 0 Å². The summed E-state index contributed by atoms with van der Waals surface area (Å²) in [6.07, 6.45) is 0. The van der Waals surface area contributed by atoms with Crippen LogP contribution in [0.3, 0.4) is 0 Å². The second-order valence-electron chi connectivity index (χ2n) is 3.27. The van der Waals surface area contributed by atoms with Crippen molar-refractivity contribution in [3.8, 4) is 0 Å². The van der Waals surface area contributed by atoms with E-state index in [1.165, 1.54) is 0 Å². The van der Waals surface area contributed by atoms with Gasteiger partial charge in [0.2, 0.25) is 0 Å². The zero-order valence-electron chi connectivity index (χ0n) is 8.67. The summed E-state index contributed by atoms with van der Waals surface area (Å²) in [5.74, 6) is 1.26. The molecule has 2 N–H and O–H groups in total. The molecule has 0 unspecified atom stereocenters. The highest BCUT2D eigenvalue weighted by atomic mass is 15.2. The Morgan fingerprint density at radius 1 is 1.33 bits per heavy atom. The monoisotopic (exact) mass is 171 g/mol. The van der Waals surface area contributed by atoms with Gasteiger partial charge >= 0.3 is 0 Å². The van der Waals surface area contributed by atoms with Gasteiger partial charge in [0.05, 0.1) is 0 Å². The minimum absolute atomic E-state index is 0.583. The molecule has 0 bridgehead atoms. The fraction of sp³-hybridized carbons (Fsp3) is 0.889. The van der Waals surface area contributed by atoms with E-state index in [-0.39, 0.29) is 0 Å². The fourth-order valence-corrected chi connectivity index (χ4v) is 0.924. The molecular weight excluding hydrogens is 150 g/mol. The van der Waals surface area contributed by atoms with E-state index in [4.69, 9.17) is 5.73 Å². The van der Waals surface area contributed by atoms with Crippen molar-refractivity contribution in [1.82, 2.24) is 4.90 Å². The van der Waals surface area contributed by atoms with Crippen LogP contribution >= 0.6 is 0 Å². The smallest absolute Gasteiger partial charge is 0.191 e. The molecule has 3 heteroatoms. The Labute approximate surface area is 75.7 Å². The number of nitrogens with two attached hydrogens (primary N) is 1. The molecule has 0 heterocycles. The zero-order chi connectivity index (χ0) is 9.56. The Hall–Kier alpha value is -0.730. The minimum Gasteiger partial charge on any atom is -0.370 e. The van der Waals surface area contributed by atoms with Crippen molar-refractivity contribution in [2.45, 2.75) is 27.7 Å². The molecule has 0 fully saturated rings. The zero-order valence-corrected chi connectivity index (χ0v) is 8.67. The van der Waals surface area contributed by atoms with E-state index in [1.807, 2.05) is 0 Å². The Morgan fingerprint density at radius 3 is 2.17 bits per heavy atom. The average Bonchev–Trinajstić information content (AvgIpc) is 2.03. The lowest BCUT2D eigenvalue weighted by atomic mass is 10.2. The van der Waals surface area contributed by atoms with E-state index in [2.05, 4.69) is 37.6 Å². The average molecular weight is 171 g/mol. The molecule has 0 aliphatic heterocycles. The van der Waals surface area contributed by atoms with E-state index in [1.54, 1.807) is 0 Å². The number of aliphatic imine (C=N–C) groups is 1. The van der Waals surface area contributed by atoms with Gasteiger partial charge in [-0.3, -0.25) is 4.99 Å². The highest BCUT2D eigenvalue weighted by Gasteiger charge is 2.01. The molecule has 0 aromatic carbocycles. The molecule has 0 aliphatic carbocycles. The van der Waals surface area contributed by atoms with Gasteiger partial charge in [0.15, 0.2) is 5.96 Å². The van der Waals surface area contributed by atoms with Crippen LogP contribution in [0.2, 0.25) is 0 Å². The molecule has 0 spiro atoms. The second-order valence-corrected chi connectivity index (χ2v) is 3.27. The quantitative estimate of drug-likeness (QED) is 0.511. The molecule has 0 atom stereocenters. The first kappa shape index (κ1) is 11.3. The first-order chi connectivity index (χ1) is 5.61. The molecular formula is C9H21N3. The third-order valence-electron chi connectivity index (χ3n) is 1.71. The standard InChI is InChI=1S/C9H21N3/c1-5-12(6-2)9(10)11-7-8(3)4/h8H,5-7H2,1-4H3,(H2,10,11). The van der Waals surface area contributed by atoms with E-state index in [9.17, 15) is 0 Å². The molecule has 0 aromatic rings. The minimum atomic E-state index is 0.583. The van der Waals surface area contributed by atoms with Crippen LogP contribution in [-0.4, -0.2) is 30.5 Å². The summed E-state index contributed by atoms with van der Waals surface area (Å²) in [6, 6.07) is 0. The van der Waals surface area contributed by atoms with Crippen molar-refractivity contribution in [1.29, 1.82) is 0 Å². The van der Waals surface area contributed by atoms with Crippen LogP contribution < -0.4 is 5.73 Å². The predicted molar refractivity (Wildman–Crippen MR) is 54.2 cm³/mol. The molecule has 0 saturated carbocycles. The number of hydrogen-bond acceptors (Lipinski definition) is 1. The summed E-state index contributed by atoms with van der Waals surface area (Å²) < 4.78 is 0. The summed E-state index contributed by atoms with van der Waals surface area (Å²) in [5, 5.41) is 0. The van der Waals surface area contributed by atoms with Crippen LogP contribution in [0.5, 0.6) is 0 Å². The van der Waals surface area contributed by atoms with Crippen LogP contribution in [0.15, 0.2) is 4.99 Å². The largest absolute Gasteiger partial charge is 0.370 e. The fourth-order valence-electron chi connectivity index (χ4n) is 0.924. The van der Waals surface area contributed by atoms with E-state index >= 15 is 0 Å². The van der Waals surface area contributed by atoms with Crippen LogP contribution in [0.4, 0.5) is 0 Å². The summed E-state index contributed by atoms with van der Waals surface area (Å²) in [7, 11) is 0. The SMILES string of the molecule is CCN(CC)C(N)=NCC(C)C. The van der Waals surface area contributed by atoms with Gasteiger partial charge < -0.3 is 10.6 Å². The molecule has 0 rings (SSSR count). The molecule has 0 aliphatic rings. The Morgan fingerprint density at radius 2 is 1.83 bits per heavy atom. The van der Waals surface area contributed by atoms with Crippen molar-refractivity contribution >= 4 is 5.96 Å². The molecule has 0 radical (unpaired) electrons. The highest BCUT2D eigenvalue weighted by molar-refractivity contribution is 5.77. The molecule has 0 saturated heterocycles. The van der Waals surface area contributed by atoms with Gasteiger partial charge in [-0.2, -0.15) is 0 Å². The molecule has 72 valence electrons. The number of nitrogens with zero attached hydrogens (tertiary/aromatic N) is 2. The predicted octanol–water partition coefficient (Wildman–Crippen LogP) is 1.30. The van der Waals surface area contributed by atoms with Crippen LogP contribution in [0.25, 0.3) is 0 Å². The summed E-state index contributed by atoms with van der Waals surface area (Å²) in [4.78, 5) is 6.34. The number of guanidine groups is 1. The Kier molecular flexibility index (Phi) is 5.51. The lowest BCUT2D eigenvalue weighted by Gasteiger charge is -2.19. The number of hydrogen-bond donors (Lipinski definition) is 1. The third kappa shape index (κ3) is 4.21. The van der Waals surface area contributed by atoms with E-state index < -0.39 is 0 Å². The molecule has 3 nitrogen and oxygen atoms in total. The summed E-state index contributed by atoms with van der Waals surface area (Å²) >= 11 is 0. The third-order valence-corrected chi connectivity index (χ3v) is 1.71. The molecule has 12 heavy (non-hydrogen) atoms. The lowest BCUT2D eigenvalue weighted by Crippen LogP contribution is -2.37. The summed E-state index contributed by atoms with van der Waals surface area (Å²) in [5.41, 5.74) is 5.76. The van der Waals surface area contributed by atoms with Crippen molar-refractivity contribution in [3.05, 3.63) is 0 Å². The number of rotatable bonds is 4. The topological polar surface area (TPSA) is 41.6 Å². The van der Waals surface area contributed by atoms with Gasteiger partial charge in [-0.25, -0.2) is 0 Å². The van der Waals surface area contributed by atoms with Gasteiger partial charge in [0.25, 0.3) is 0 Å². The van der Waals surface area contributed by atoms with Crippen molar-refractivity contribution < 1.29 is 0 Å². The first-order valence-electron chi connectivity index (χ1n) is 4.66. The Bertz CT molecular complexity index is 137. The van der Waals surface area contributed by atoms with Crippen molar-refractivity contribution in [2.75, 3.05) is 19.6 Å². The van der Waals surface area contributed by atoms with Gasteiger partial charge in [-0.1, -0.05) is 13.8 Å². The van der Waals surface area contributed by atoms with Gasteiger partial charge in [0, 0.05) is 19.6 Å². The van der Waals surface area contributed by atoms with Crippen LogP contribution in [0.1, 0.15) is 27.7 Å².